The summed E-state index contributed by atoms with van der Waals surface area (Å²) in [5, 5.41) is 7.71. The fourth-order valence-electron chi connectivity index (χ4n) is 3.78. The van der Waals surface area contributed by atoms with Crippen LogP contribution in [-0.2, 0) is 14.6 Å². The first-order valence-electron chi connectivity index (χ1n) is 10.9. The van der Waals surface area contributed by atoms with Crippen LogP contribution in [0.3, 0.4) is 0 Å². The van der Waals surface area contributed by atoms with Gasteiger partial charge in [0.1, 0.15) is 6.21 Å². The Bertz CT molecular complexity index is 1100. The van der Waals surface area contributed by atoms with Crippen molar-refractivity contribution < 1.29 is 17.6 Å². The highest BCUT2D eigenvalue weighted by Crippen LogP contribution is 2.31. The lowest BCUT2D eigenvalue weighted by Gasteiger charge is -2.33. The van der Waals surface area contributed by atoms with E-state index in [0.29, 0.717) is 26.3 Å². The second-order valence-corrected chi connectivity index (χ2v) is 10.2. The number of sulfone groups is 1. The monoisotopic (exact) mass is 492 g/mol. The quantitative estimate of drug-likeness (QED) is 0.364. The molecule has 0 radical (unpaired) electrons. The molecule has 3 heterocycles. The first-order chi connectivity index (χ1) is 15.9. The number of aromatic nitrogens is 1. The van der Waals surface area contributed by atoms with Gasteiger partial charge >= 0.3 is 0 Å². The lowest BCUT2D eigenvalue weighted by atomic mass is 10.2. The number of hydrazone groups is 1. The average Bonchev–Trinajstić information content (AvgIpc) is 3.26. The Morgan fingerprint density at radius 1 is 1.15 bits per heavy atom. The van der Waals surface area contributed by atoms with E-state index in [0.717, 1.165) is 37.9 Å². The number of aryl methyl sites for hydroxylation is 1. The summed E-state index contributed by atoms with van der Waals surface area (Å²) >= 11 is 5.16. The molecule has 0 spiro atoms. The van der Waals surface area contributed by atoms with Crippen molar-refractivity contribution in [3.05, 3.63) is 35.7 Å². The zero-order chi connectivity index (χ0) is 23.4. The zero-order valence-corrected chi connectivity index (χ0v) is 20.1. The number of piperidine rings is 1. The topological polar surface area (TPSA) is 118 Å². The maximum atomic E-state index is 13.4. The molecule has 12 heteroatoms. The van der Waals surface area contributed by atoms with E-state index in [4.69, 9.17) is 27.1 Å². The highest BCUT2D eigenvalue weighted by molar-refractivity contribution is 7.91. The summed E-state index contributed by atoms with van der Waals surface area (Å²) in [7, 11) is -3.91. The standard InChI is InChI=1S/C21H28N6O4S2/c1-16-5-7-17(8-6-16)33(28,29)19-20(25-11-13-30-14-12-25)31-18(24-19)15-23-27(21(22)32)26-9-3-2-4-10-26/h5-8,15H,2-4,9-14H2,1H3,(H2,22,32). The Morgan fingerprint density at radius 2 is 1.82 bits per heavy atom. The number of hydrazine groups is 1. The van der Waals surface area contributed by atoms with Gasteiger partial charge in [0, 0.05) is 26.2 Å². The van der Waals surface area contributed by atoms with Gasteiger partial charge < -0.3 is 19.8 Å². The van der Waals surface area contributed by atoms with Crippen LogP contribution in [0.5, 0.6) is 0 Å². The Balaban J connectivity index is 1.69. The molecule has 0 atom stereocenters. The van der Waals surface area contributed by atoms with E-state index in [-0.39, 0.29) is 26.8 Å². The first kappa shape index (κ1) is 23.6. The van der Waals surface area contributed by atoms with Gasteiger partial charge in [0.2, 0.25) is 31.8 Å². The zero-order valence-electron chi connectivity index (χ0n) is 18.5. The van der Waals surface area contributed by atoms with E-state index in [1.165, 1.54) is 11.3 Å². The molecule has 0 aliphatic carbocycles. The normalized spacial score (nSPS) is 18.0. The summed E-state index contributed by atoms with van der Waals surface area (Å²) in [6.07, 6.45) is 4.54. The molecule has 2 saturated heterocycles. The average molecular weight is 493 g/mol. The molecule has 4 rings (SSSR count). The Labute approximate surface area is 198 Å². The SMILES string of the molecule is Cc1ccc(S(=O)(=O)c2nc(C=NN(C(N)=S)N3CCCCC3)oc2N2CCOCC2)cc1. The molecule has 2 fully saturated rings. The Morgan fingerprint density at radius 3 is 2.45 bits per heavy atom. The van der Waals surface area contributed by atoms with Crippen LogP contribution < -0.4 is 10.6 Å². The number of morpholine rings is 1. The molecule has 178 valence electrons. The van der Waals surface area contributed by atoms with Crippen LogP contribution in [0.2, 0.25) is 0 Å². The van der Waals surface area contributed by atoms with Crippen molar-refractivity contribution in [3.8, 4) is 0 Å². The van der Waals surface area contributed by atoms with E-state index < -0.39 is 9.84 Å². The summed E-state index contributed by atoms with van der Waals surface area (Å²) in [6.45, 7) is 5.40. The van der Waals surface area contributed by atoms with E-state index in [2.05, 4.69) is 10.1 Å². The van der Waals surface area contributed by atoms with Gasteiger partial charge in [-0.15, -0.1) is 0 Å². The van der Waals surface area contributed by atoms with Crippen molar-refractivity contribution in [2.24, 2.45) is 10.8 Å². The summed E-state index contributed by atoms with van der Waals surface area (Å²) in [5.41, 5.74) is 6.84. The van der Waals surface area contributed by atoms with Crippen LogP contribution in [0.1, 0.15) is 30.7 Å². The Kier molecular flexibility index (Phi) is 7.27. The van der Waals surface area contributed by atoms with E-state index in [1.807, 2.05) is 16.8 Å². The molecule has 0 amide bonds. The summed E-state index contributed by atoms with van der Waals surface area (Å²) in [4.78, 5) is 6.29. The number of oxazole rings is 1. The molecule has 10 nitrogen and oxygen atoms in total. The number of hydrogen-bond donors (Lipinski definition) is 1. The van der Waals surface area contributed by atoms with Gasteiger partial charge in [-0.25, -0.2) is 8.42 Å². The maximum Gasteiger partial charge on any atom is 0.243 e. The second kappa shape index (κ2) is 10.2. The minimum absolute atomic E-state index is 0.0560. The summed E-state index contributed by atoms with van der Waals surface area (Å²) in [6, 6.07) is 6.65. The molecular weight excluding hydrogens is 464 g/mol. The van der Waals surface area contributed by atoms with Crippen molar-refractivity contribution >= 4 is 39.3 Å². The molecule has 0 unspecified atom stereocenters. The van der Waals surface area contributed by atoms with Crippen molar-refractivity contribution in [2.45, 2.75) is 36.1 Å². The van der Waals surface area contributed by atoms with Gasteiger partial charge in [-0.2, -0.15) is 20.2 Å². The molecular formula is C21H28N6O4S2. The number of anilines is 1. The molecule has 2 N–H and O–H groups in total. The number of nitrogens with two attached hydrogens (primary N) is 1. The van der Waals surface area contributed by atoms with Gasteiger partial charge in [-0.05, 0) is 44.1 Å². The molecule has 1 aromatic heterocycles. The van der Waals surface area contributed by atoms with Crippen LogP contribution in [-0.4, -0.2) is 74.2 Å². The molecule has 1 aromatic carbocycles. The van der Waals surface area contributed by atoms with Gasteiger partial charge in [-0.3, -0.25) is 0 Å². The van der Waals surface area contributed by atoms with Crippen LogP contribution in [0, 0.1) is 6.92 Å². The predicted octanol–water partition coefficient (Wildman–Crippen LogP) is 1.93. The van der Waals surface area contributed by atoms with Crippen molar-refractivity contribution in [2.75, 3.05) is 44.3 Å². The third-order valence-electron chi connectivity index (χ3n) is 5.56. The maximum absolute atomic E-state index is 13.4. The smallest absolute Gasteiger partial charge is 0.243 e. The first-order valence-corrected chi connectivity index (χ1v) is 12.8. The highest BCUT2D eigenvalue weighted by atomic mass is 32.2. The van der Waals surface area contributed by atoms with Gasteiger partial charge in [-0.1, -0.05) is 24.1 Å². The number of ether oxygens (including phenoxy) is 1. The molecule has 0 saturated carbocycles. The predicted molar refractivity (Wildman–Crippen MR) is 128 cm³/mol. The fourth-order valence-corrected chi connectivity index (χ4v) is 5.27. The minimum atomic E-state index is -3.91. The Hall–Kier alpha value is -2.54. The molecule has 33 heavy (non-hydrogen) atoms. The third kappa shape index (κ3) is 5.35. The molecule has 2 aliphatic rings. The van der Waals surface area contributed by atoms with Crippen LogP contribution >= 0.6 is 12.2 Å². The molecule has 2 aromatic rings. The second-order valence-electron chi connectivity index (χ2n) is 7.96. The number of nitrogens with zero attached hydrogens (tertiary/aromatic N) is 5. The number of hydrogen-bond acceptors (Lipinski definition) is 9. The third-order valence-corrected chi connectivity index (χ3v) is 7.39. The van der Waals surface area contributed by atoms with Gasteiger partial charge in [0.25, 0.3) is 0 Å². The van der Waals surface area contributed by atoms with Crippen molar-refractivity contribution in [1.82, 2.24) is 15.1 Å². The van der Waals surface area contributed by atoms with E-state index in [9.17, 15) is 8.42 Å². The van der Waals surface area contributed by atoms with Crippen molar-refractivity contribution in [1.29, 1.82) is 0 Å². The molecule has 0 bridgehead atoms. The van der Waals surface area contributed by atoms with Crippen LogP contribution in [0.25, 0.3) is 0 Å². The van der Waals surface area contributed by atoms with Gasteiger partial charge in [0.05, 0.1) is 18.1 Å². The lowest BCUT2D eigenvalue weighted by Crippen LogP contribution is -2.48. The summed E-state index contributed by atoms with van der Waals surface area (Å²) < 4.78 is 38.2. The fraction of sp³-hybridized carbons (Fsp3) is 0.476. The van der Waals surface area contributed by atoms with Crippen LogP contribution in [0.4, 0.5) is 5.88 Å². The summed E-state index contributed by atoms with van der Waals surface area (Å²) in [5.74, 6) is 0.237. The van der Waals surface area contributed by atoms with E-state index in [1.54, 1.807) is 24.3 Å². The number of benzene rings is 1. The number of rotatable bonds is 6. The van der Waals surface area contributed by atoms with E-state index >= 15 is 0 Å². The highest BCUT2D eigenvalue weighted by Gasteiger charge is 2.31. The van der Waals surface area contributed by atoms with Gasteiger partial charge in [0.15, 0.2) is 0 Å². The lowest BCUT2D eigenvalue weighted by molar-refractivity contribution is 0.0294. The minimum Gasteiger partial charge on any atom is -0.418 e. The van der Waals surface area contributed by atoms with Crippen LogP contribution in [0.15, 0.2) is 43.7 Å². The van der Waals surface area contributed by atoms with Crippen molar-refractivity contribution in [3.63, 3.8) is 0 Å². The molecule has 2 aliphatic heterocycles. The largest absolute Gasteiger partial charge is 0.418 e. The number of thiocarbonyl (C=S) groups is 1.